The predicted molar refractivity (Wildman–Crippen MR) is 168 cm³/mol. The van der Waals surface area contributed by atoms with Crippen molar-refractivity contribution in [2.45, 2.75) is 32.5 Å². The van der Waals surface area contributed by atoms with Gasteiger partial charge in [0, 0.05) is 67.9 Å². The van der Waals surface area contributed by atoms with E-state index in [1.54, 1.807) is 24.5 Å². The Morgan fingerprint density at radius 1 is 0.814 bits per heavy atom. The molecule has 6 rings (SSSR count). The zero-order chi connectivity index (χ0) is 30.2. The van der Waals surface area contributed by atoms with Crippen LogP contribution in [0.5, 0.6) is 0 Å². The van der Waals surface area contributed by atoms with E-state index in [0.717, 1.165) is 45.9 Å². The topological polar surface area (TPSA) is 146 Å². The molecule has 2 amide bonds. The van der Waals surface area contributed by atoms with Crippen molar-refractivity contribution in [1.29, 1.82) is 0 Å². The van der Waals surface area contributed by atoms with E-state index in [0.29, 0.717) is 54.4 Å². The Bertz CT molecular complexity index is 1930. The summed E-state index contributed by atoms with van der Waals surface area (Å²) < 4.78 is 4.10. The van der Waals surface area contributed by atoms with Crippen molar-refractivity contribution in [3.63, 3.8) is 0 Å². The first-order valence-electron chi connectivity index (χ1n) is 14.0. The lowest BCUT2D eigenvalue weighted by Crippen LogP contribution is -2.32. The van der Waals surface area contributed by atoms with Gasteiger partial charge in [0.25, 0.3) is 11.8 Å². The van der Waals surface area contributed by atoms with Crippen LogP contribution < -0.4 is 22.1 Å². The average molecular weight is 588 g/mol. The lowest BCUT2D eigenvalue weighted by atomic mass is 10.1. The van der Waals surface area contributed by atoms with Gasteiger partial charge in [-0.25, -0.2) is 9.97 Å². The number of nitrogens with one attached hydrogen (secondary N) is 2. The first-order valence-corrected chi connectivity index (χ1v) is 16.5. The van der Waals surface area contributed by atoms with Crippen LogP contribution in [0.15, 0.2) is 36.7 Å². The third-order valence-corrected chi connectivity index (χ3v) is 8.29. The molecule has 0 bridgehead atoms. The second kappa shape index (κ2) is 11.2. The monoisotopic (exact) mass is 587 g/mol. The summed E-state index contributed by atoms with van der Waals surface area (Å²) in [5, 5.41) is 5.84. The van der Waals surface area contributed by atoms with Gasteiger partial charge in [-0.15, -0.1) is 5.54 Å². The van der Waals surface area contributed by atoms with Gasteiger partial charge in [-0.2, -0.15) is 0 Å². The Labute approximate surface area is 251 Å². The van der Waals surface area contributed by atoms with Gasteiger partial charge in [0.1, 0.15) is 20.4 Å². The number of fused-ring (bicyclic) bond motifs is 2. The van der Waals surface area contributed by atoms with Gasteiger partial charge in [-0.1, -0.05) is 30.9 Å². The van der Waals surface area contributed by atoms with E-state index in [9.17, 15) is 9.59 Å². The van der Waals surface area contributed by atoms with Gasteiger partial charge < -0.3 is 31.2 Å². The van der Waals surface area contributed by atoms with Crippen molar-refractivity contribution in [3.8, 4) is 45.8 Å². The fourth-order valence-corrected chi connectivity index (χ4v) is 6.00. The molecule has 0 saturated heterocycles. The maximum absolute atomic E-state index is 12.8. The zero-order valence-electron chi connectivity index (χ0n) is 24.3. The molecule has 2 aliphatic rings. The fraction of sp³-hybridized carbons (Fsp3) is 0.250. The number of carbonyl (C=O) groups excluding carboxylic acids is 2. The molecule has 11 heteroatoms. The van der Waals surface area contributed by atoms with Crippen LogP contribution in [-0.4, -0.2) is 52.8 Å². The van der Waals surface area contributed by atoms with Gasteiger partial charge in [0.15, 0.2) is 0 Å². The van der Waals surface area contributed by atoms with Crippen molar-refractivity contribution >= 4 is 32.2 Å². The quantitative estimate of drug-likeness (QED) is 0.214. The number of amides is 2. The molecule has 43 heavy (non-hydrogen) atoms. The summed E-state index contributed by atoms with van der Waals surface area (Å²) in [5.74, 6) is 10.4. The number of anilines is 2. The number of carbonyl (C=O) groups is 2. The molecular formula is C32H31N8O2Si. The van der Waals surface area contributed by atoms with E-state index >= 15 is 0 Å². The minimum atomic E-state index is -0.794. The molecule has 6 heterocycles. The largest absolute Gasteiger partial charge is 0.384 e. The number of hydrogen-bond acceptors (Lipinski definition) is 6. The highest BCUT2D eigenvalue weighted by molar-refractivity contribution is 6.64. The number of nitrogens with two attached hydrogens (primary N) is 2. The second-order valence-electron chi connectivity index (χ2n) is 10.8. The van der Waals surface area contributed by atoms with Gasteiger partial charge in [0.2, 0.25) is 0 Å². The molecule has 2 aliphatic heterocycles. The van der Waals surface area contributed by atoms with Gasteiger partial charge in [-0.3, -0.25) is 9.59 Å². The lowest BCUT2D eigenvalue weighted by Gasteiger charge is -2.16. The Kier molecular flexibility index (Phi) is 7.26. The SMILES string of the molecule is Cn1c(-c2cc(N)ncc2C#CCn2c(-c3cc(N)ncc3C#C[Si](C)C)cc3c2CCNC3=O)cc2c1CCNC2=O. The first kappa shape index (κ1) is 27.9. The summed E-state index contributed by atoms with van der Waals surface area (Å²) in [7, 11) is 1.16. The number of nitrogen functional groups attached to an aromatic ring is 2. The van der Waals surface area contributed by atoms with Crippen LogP contribution >= 0.6 is 0 Å². The Morgan fingerprint density at radius 3 is 2.00 bits per heavy atom. The molecule has 4 aromatic heterocycles. The van der Waals surface area contributed by atoms with Gasteiger partial charge >= 0.3 is 0 Å². The van der Waals surface area contributed by atoms with E-state index < -0.39 is 8.80 Å². The Hall–Kier alpha value is -5.26. The summed E-state index contributed by atoms with van der Waals surface area (Å²) >= 11 is 0. The molecule has 1 radical (unpaired) electrons. The number of pyridine rings is 2. The Balaban J connectivity index is 1.44. The molecule has 215 valence electrons. The van der Waals surface area contributed by atoms with Crippen molar-refractivity contribution in [1.82, 2.24) is 29.7 Å². The maximum Gasteiger partial charge on any atom is 0.253 e. The number of nitrogens with zero attached hydrogens (tertiary/aromatic N) is 4. The van der Waals surface area contributed by atoms with E-state index in [4.69, 9.17) is 11.5 Å². The maximum atomic E-state index is 12.8. The third kappa shape index (κ3) is 5.27. The molecule has 4 aromatic rings. The van der Waals surface area contributed by atoms with Crippen molar-refractivity contribution in [2.24, 2.45) is 7.05 Å². The normalized spacial score (nSPS) is 13.7. The molecule has 0 aliphatic carbocycles. The molecule has 0 fully saturated rings. The summed E-state index contributed by atoms with van der Waals surface area (Å²) in [5.41, 5.74) is 23.4. The van der Waals surface area contributed by atoms with E-state index in [1.807, 2.05) is 23.7 Å². The van der Waals surface area contributed by atoms with Crippen LogP contribution in [-0.2, 0) is 26.4 Å². The second-order valence-corrected chi connectivity index (χ2v) is 13.0. The highest BCUT2D eigenvalue weighted by atomic mass is 28.3. The smallest absolute Gasteiger partial charge is 0.253 e. The Morgan fingerprint density at radius 2 is 1.37 bits per heavy atom. The molecular weight excluding hydrogens is 556 g/mol. The fourth-order valence-electron chi connectivity index (χ4n) is 5.61. The van der Waals surface area contributed by atoms with Gasteiger partial charge in [-0.05, 0) is 24.3 Å². The molecule has 0 saturated carbocycles. The molecule has 0 aromatic carbocycles. The molecule has 0 atom stereocenters. The lowest BCUT2D eigenvalue weighted by molar-refractivity contribution is 0.0937. The summed E-state index contributed by atoms with van der Waals surface area (Å²) in [6.45, 7) is 5.72. The van der Waals surface area contributed by atoms with Crippen LogP contribution in [0.3, 0.4) is 0 Å². The molecule has 0 unspecified atom stereocenters. The van der Waals surface area contributed by atoms with Gasteiger partial charge in [0.05, 0.1) is 40.2 Å². The predicted octanol–water partition coefficient (Wildman–Crippen LogP) is 2.38. The molecule has 6 N–H and O–H groups in total. The van der Waals surface area contributed by atoms with Crippen LogP contribution in [0.1, 0.15) is 43.2 Å². The number of aromatic nitrogens is 4. The van der Waals surface area contributed by atoms with Crippen LogP contribution in [0.25, 0.3) is 22.5 Å². The minimum absolute atomic E-state index is 0.0809. The summed E-state index contributed by atoms with van der Waals surface area (Å²) in [4.78, 5) is 33.9. The third-order valence-electron chi connectivity index (χ3n) is 7.66. The number of hydrogen-bond donors (Lipinski definition) is 4. The standard InChI is InChI=1S/C32H31N8O2Si/c1-39-25-6-9-35-31(41)23(25)13-27(39)21-15-29(33)37-17-19(21)5-4-11-40-26-7-10-36-32(42)24(26)14-28(40)22-16-30(34)38-18-20(22)8-12-43(2)3/h13-18H,6-7,9-11H2,1-3H3,(H2,33,37)(H2,34,38)(H,35,41)(H,36,42). The van der Waals surface area contributed by atoms with Crippen molar-refractivity contribution < 1.29 is 9.59 Å². The van der Waals surface area contributed by atoms with E-state index in [1.165, 1.54) is 0 Å². The summed E-state index contributed by atoms with van der Waals surface area (Å²) in [6.07, 6.45) is 4.78. The van der Waals surface area contributed by atoms with Crippen LogP contribution in [0.2, 0.25) is 13.1 Å². The van der Waals surface area contributed by atoms with Crippen LogP contribution in [0.4, 0.5) is 11.6 Å². The van der Waals surface area contributed by atoms with E-state index in [2.05, 4.69) is 61.6 Å². The molecule has 10 nitrogen and oxygen atoms in total. The van der Waals surface area contributed by atoms with Crippen molar-refractivity contribution in [2.75, 3.05) is 24.6 Å². The minimum Gasteiger partial charge on any atom is -0.384 e. The number of rotatable bonds is 3. The highest BCUT2D eigenvalue weighted by Gasteiger charge is 2.26. The average Bonchev–Trinajstić information content (AvgIpc) is 3.52. The summed E-state index contributed by atoms with van der Waals surface area (Å²) in [6, 6.07) is 7.38. The molecule has 0 spiro atoms. The van der Waals surface area contributed by atoms with E-state index in [-0.39, 0.29) is 11.8 Å². The zero-order valence-corrected chi connectivity index (χ0v) is 25.3. The first-order chi connectivity index (χ1) is 20.7. The highest BCUT2D eigenvalue weighted by Crippen LogP contribution is 2.32. The van der Waals surface area contributed by atoms with Crippen LogP contribution in [0, 0.1) is 23.3 Å². The van der Waals surface area contributed by atoms with Crippen molar-refractivity contribution in [3.05, 3.63) is 70.3 Å².